The first kappa shape index (κ1) is 13.3. The molecule has 2 rings (SSSR count). The monoisotopic (exact) mass is 263 g/mol. The highest BCUT2D eigenvalue weighted by molar-refractivity contribution is 5.85. The molecule has 2 aromatic rings. The number of hydrogen-bond donors (Lipinski definition) is 1. The lowest BCUT2D eigenvalue weighted by Crippen LogP contribution is -2.17. The molecule has 102 valence electrons. The van der Waals surface area contributed by atoms with Crippen LogP contribution in [0.3, 0.4) is 0 Å². The molecule has 0 saturated heterocycles. The van der Waals surface area contributed by atoms with Crippen molar-refractivity contribution < 1.29 is 14.6 Å². The van der Waals surface area contributed by atoms with Crippen molar-refractivity contribution in [3.8, 4) is 5.88 Å². The largest absolute Gasteiger partial charge is 0.481 e. The lowest BCUT2D eigenvalue weighted by atomic mass is 9.90. The van der Waals surface area contributed by atoms with Gasteiger partial charge in [-0.1, -0.05) is 13.8 Å². The Kier molecular flexibility index (Phi) is 3.42. The van der Waals surface area contributed by atoms with Crippen LogP contribution in [0.15, 0.2) is 12.4 Å². The van der Waals surface area contributed by atoms with Crippen LogP contribution >= 0.6 is 0 Å². The maximum atomic E-state index is 11.4. The number of aromatic nitrogens is 3. The van der Waals surface area contributed by atoms with Gasteiger partial charge in [0.25, 0.3) is 0 Å². The average Bonchev–Trinajstić information content (AvgIpc) is 2.65. The number of hydrogen-bond acceptors (Lipinski definition) is 4. The summed E-state index contributed by atoms with van der Waals surface area (Å²) in [4.78, 5) is 20.0. The number of ether oxygens (including phenoxy) is 1. The van der Waals surface area contributed by atoms with Crippen molar-refractivity contribution in [2.75, 3.05) is 7.11 Å². The molecule has 1 N–H and O–H groups in total. The molecule has 0 aliphatic heterocycles. The fourth-order valence-corrected chi connectivity index (χ4v) is 2.25. The quantitative estimate of drug-likeness (QED) is 0.910. The van der Waals surface area contributed by atoms with Crippen LogP contribution in [-0.4, -0.2) is 32.7 Å². The molecule has 19 heavy (non-hydrogen) atoms. The molecule has 0 spiro atoms. The molecule has 6 heteroatoms. The first-order valence-corrected chi connectivity index (χ1v) is 6.04. The Labute approximate surface area is 111 Å². The first-order chi connectivity index (χ1) is 8.95. The highest BCUT2D eigenvalue weighted by Crippen LogP contribution is 2.31. The van der Waals surface area contributed by atoms with E-state index >= 15 is 0 Å². The van der Waals surface area contributed by atoms with Gasteiger partial charge in [0.15, 0.2) is 5.65 Å². The average molecular weight is 263 g/mol. The van der Waals surface area contributed by atoms with Crippen LogP contribution in [0.4, 0.5) is 0 Å². The predicted octanol–water partition coefficient (Wildman–Crippen LogP) is 1.80. The summed E-state index contributed by atoms with van der Waals surface area (Å²) in [5.74, 6) is -1.05. The number of carbonyl (C=O) groups is 1. The van der Waals surface area contributed by atoms with Gasteiger partial charge in [0.2, 0.25) is 5.88 Å². The van der Waals surface area contributed by atoms with E-state index in [-0.39, 0.29) is 5.92 Å². The van der Waals surface area contributed by atoms with Gasteiger partial charge in [0.05, 0.1) is 19.2 Å². The van der Waals surface area contributed by atoms with Gasteiger partial charge in [0.1, 0.15) is 5.52 Å². The normalized spacial score (nSPS) is 12.9. The zero-order chi connectivity index (χ0) is 14.2. The smallest absolute Gasteiger partial charge is 0.311 e. The Morgan fingerprint density at radius 1 is 1.47 bits per heavy atom. The van der Waals surface area contributed by atoms with Crippen molar-refractivity contribution in [3.05, 3.63) is 18.0 Å². The highest BCUT2D eigenvalue weighted by Gasteiger charge is 2.28. The molecule has 6 nitrogen and oxygen atoms in total. The number of carboxylic acid groups (broad SMARTS) is 1. The van der Waals surface area contributed by atoms with Crippen LogP contribution in [0.5, 0.6) is 5.88 Å². The van der Waals surface area contributed by atoms with Crippen LogP contribution in [0.2, 0.25) is 0 Å². The van der Waals surface area contributed by atoms with E-state index in [0.717, 1.165) is 0 Å². The molecule has 0 radical (unpaired) electrons. The Morgan fingerprint density at radius 2 is 2.16 bits per heavy atom. The van der Waals surface area contributed by atoms with E-state index in [2.05, 4.69) is 9.97 Å². The van der Waals surface area contributed by atoms with Gasteiger partial charge in [-0.25, -0.2) is 4.98 Å². The molecule has 0 aliphatic rings. The zero-order valence-electron chi connectivity index (χ0n) is 11.4. The van der Waals surface area contributed by atoms with E-state index in [9.17, 15) is 9.90 Å². The maximum absolute atomic E-state index is 11.4. The third kappa shape index (κ3) is 2.25. The topological polar surface area (TPSA) is 77.2 Å². The second-order valence-electron chi connectivity index (χ2n) is 4.84. The molecule has 1 unspecified atom stereocenters. The number of fused-ring (bicyclic) bond motifs is 1. The first-order valence-electron chi connectivity index (χ1n) is 6.04. The van der Waals surface area contributed by atoms with E-state index < -0.39 is 11.9 Å². The number of aliphatic carboxylic acids is 1. The summed E-state index contributed by atoms with van der Waals surface area (Å²) in [6.45, 7) is 3.77. The van der Waals surface area contributed by atoms with Gasteiger partial charge in [-0.05, 0) is 5.92 Å². The molecular weight excluding hydrogens is 246 g/mol. The third-order valence-electron chi connectivity index (χ3n) is 3.15. The molecule has 1 atom stereocenters. The van der Waals surface area contributed by atoms with E-state index in [1.165, 1.54) is 13.3 Å². The fraction of sp³-hybridized carbons (Fsp3) is 0.462. The zero-order valence-corrected chi connectivity index (χ0v) is 11.4. The Morgan fingerprint density at radius 3 is 2.68 bits per heavy atom. The number of nitrogens with zero attached hydrogens (tertiary/aromatic N) is 3. The van der Waals surface area contributed by atoms with Crippen LogP contribution in [0.1, 0.15) is 25.3 Å². The van der Waals surface area contributed by atoms with Gasteiger partial charge in [-0.15, -0.1) is 0 Å². The van der Waals surface area contributed by atoms with Crippen molar-refractivity contribution in [2.24, 2.45) is 13.0 Å². The van der Waals surface area contributed by atoms with E-state index in [4.69, 9.17) is 4.74 Å². The van der Waals surface area contributed by atoms with Gasteiger partial charge in [-0.2, -0.15) is 4.98 Å². The standard InChI is InChI=1S/C13H17N3O3/c1-7(2)10(13(17)18)8-6-16(3)12-11(8)14-5-9(15-12)19-4/h5-7,10H,1-4H3,(H,17,18). The highest BCUT2D eigenvalue weighted by atomic mass is 16.5. The summed E-state index contributed by atoms with van der Waals surface area (Å²) in [5, 5.41) is 9.38. The molecule has 2 aromatic heterocycles. The SMILES string of the molecule is COc1cnc2c(C(C(=O)O)C(C)C)cn(C)c2n1. The Hall–Kier alpha value is -2.11. The fourth-order valence-electron chi connectivity index (χ4n) is 2.25. The minimum Gasteiger partial charge on any atom is -0.481 e. The Balaban J connectivity index is 2.64. The van der Waals surface area contributed by atoms with Crippen LogP contribution < -0.4 is 4.74 Å². The van der Waals surface area contributed by atoms with Crippen molar-refractivity contribution in [1.29, 1.82) is 0 Å². The van der Waals surface area contributed by atoms with Crippen molar-refractivity contribution in [3.63, 3.8) is 0 Å². The van der Waals surface area contributed by atoms with E-state index in [1.807, 2.05) is 20.9 Å². The van der Waals surface area contributed by atoms with Crippen molar-refractivity contribution >= 4 is 17.1 Å². The molecule has 0 amide bonds. The molecule has 2 heterocycles. The van der Waals surface area contributed by atoms with Gasteiger partial charge >= 0.3 is 5.97 Å². The van der Waals surface area contributed by atoms with Crippen molar-refractivity contribution in [1.82, 2.24) is 14.5 Å². The van der Waals surface area contributed by atoms with Gasteiger partial charge in [0, 0.05) is 18.8 Å². The third-order valence-corrected chi connectivity index (χ3v) is 3.15. The summed E-state index contributed by atoms with van der Waals surface area (Å²) in [6.07, 6.45) is 3.29. The minimum atomic E-state index is -0.847. The number of aryl methyl sites for hydroxylation is 1. The molecule has 0 bridgehead atoms. The van der Waals surface area contributed by atoms with Crippen LogP contribution in [0, 0.1) is 5.92 Å². The van der Waals surface area contributed by atoms with Crippen molar-refractivity contribution in [2.45, 2.75) is 19.8 Å². The Bertz CT molecular complexity index is 619. The van der Waals surface area contributed by atoms with E-state index in [0.29, 0.717) is 22.6 Å². The molecule has 0 aliphatic carbocycles. The second kappa shape index (κ2) is 4.87. The van der Waals surface area contributed by atoms with E-state index in [1.54, 1.807) is 10.8 Å². The second-order valence-corrected chi connectivity index (χ2v) is 4.84. The van der Waals surface area contributed by atoms with Crippen LogP contribution in [-0.2, 0) is 11.8 Å². The number of methoxy groups -OCH3 is 1. The number of carboxylic acids is 1. The summed E-state index contributed by atoms with van der Waals surface area (Å²) in [7, 11) is 3.34. The number of rotatable bonds is 4. The predicted molar refractivity (Wildman–Crippen MR) is 70.3 cm³/mol. The summed E-state index contributed by atoms with van der Waals surface area (Å²) in [5.41, 5.74) is 1.93. The summed E-state index contributed by atoms with van der Waals surface area (Å²) in [6, 6.07) is 0. The summed E-state index contributed by atoms with van der Waals surface area (Å²) >= 11 is 0. The lowest BCUT2D eigenvalue weighted by Gasteiger charge is -2.14. The molecule has 0 fully saturated rings. The molecular formula is C13H17N3O3. The molecule has 0 saturated carbocycles. The van der Waals surface area contributed by atoms with Gasteiger partial charge < -0.3 is 14.4 Å². The molecule has 0 aromatic carbocycles. The minimum absolute atomic E-state index is 0.0213. The van der Waals surface area contributed by atoms with Gasteiger partial charge in [-0.3, -0.25) is 4.79 Å². The lowest BCUT2D eigenvalue weighted by molar-refractivity contribution is -0.139. The van der Waals surface area contributed by atoms with Crippen LogP contribution in [0.25, 0.3) is 11.2 Å². The maximum Gasteiger partial charge on any atom is 0.311 e. The summed E-state index contributed by atoms with van der Waals surface area (Å²) < 4.78 is 6.81.